The van der Waals surface area contributed by atoms with Gasteiger partial charge in [-0.2, -0.15) is 4.31 Å². The molecule has 0 saturated carbocycles. The van der Waals surface area contributed by atoms with Crippen LogP contribution in [0.1, 0.15) is 43.7 Å². The Hall–Kier alpha value is -2.42. The predicted octanol–water partition coefficient (Wildman–Crippen LogP) is 3.50. The Labute approximate surface area is 199 Å². The Morgan fingerprint density at radius 1 is 1.06 bits per heavy atom. The van der Waals surface area contributed by atoms with Gasteiger partial charge in [-0.3, -0.25) is 14.5 Å². The Balaban J connectivity index is 1.54. The zero-order chi connectivity index (χ0) is 23.6. The topological polar surface area (TPSA) is 86.8 Å². The number of hydrogen-bond acceptors (Lipinski definition) is 4. The van der Waals surface area contributed by atoms with E-state index in [1.807, 2.05) is 12.1 Å². The summed E-state index contributed by atoms with van der Waals surface area (Å²) in [6.45, 7) is 2.74. The second kappa shape index (κ2) is 9.83. The molecular formula is C24H28ClN3O4S. The fourth-order valence-corrected chi connectivity index (χ4v) is 6.35. The number of rotatable bonds is 5. The van der Waals surface area contributed by atoms with Gasteiger partial charge in [-0.25, -0.2) is 8.42 Å². The standard InChI is InChI=1S/C24H28ClN3O4S/c1-17(29)28-22-10-9-21(33(31,32)27-11-4-2-3-5-12-27)14-19(22)15-23(28)24(30)26-16-18-7-6-8-20(25)13-18/h6-10,13-14,23H,2-5,11-12,15-16H2,1H3,(H,26,30)/t23-/m1/s1. The number of hydrogen-bond donors (Lipinski definition) is 1. The van der Waals surface area contributed by atoms with Crippen LogP contribution in [0.2, 0.25) is 5.02 Å². The molecule has 176 valence electrons. The Morgan fingerprint density at radius 3 is 2.45 bits per heavy atom. The molecule has 2 aliphatic heterocycles. The van der Waals surface area contributed by atoms with E-state index >= 15 is 0 Å². The lowest BCUT2D eigenvalue weighted by Gasteiger charge is -2.24. The first-order chi connectivity index (χ1) is 15.8. The van der Waals surface area contributed by atoms with Gasteiger partial charge in [-0.05, 0) is 54.3 Å². The van der Waals surface area contributed by atoms with Crippen molar-refractivity contribution in [1.82, 2.24) is 9.62 Å². The lowest BCUT2D eigenvalue weighted by Crippen LogP contribution is -2.47. The second-order valence-corrected chi connectivity index (χ2v) is 10.9. The van der Waals surface area contributed by atoms with Crippen LogP contribution in [0.15, 0.2) is 47.4 Å². The minimum atomic E-state index is -3.62. The summed E-state index contributed by atoms with van der Waals surface area (Å²) in [4.78, 5) is 27.1. The lowest BCUT2D eigenvalue weighted by molar-refractivity contribution is -0.125. The molecule has 33 heavy (non-hydrogen) atoms. The smallest absolute Gasteiger partial charge is 0.243 e. The number of benzene rings is 2. The van der Waals surface area contributed by atoms with Crippen molar-refractivity contribution in [3.05, 3.63) is 58.6 Å². The van der Waals surface area contributed by atoms with Gasteiger partial charge in [0, 0.05) is 43.7 Å². The third kappa shape index (κ3) is 5.08. The quantitative estimate of drug-likeness (QED) is 0.696. The fraction of sp³-hybridized carbons (Fsp3) is 0.417. The number of sulfonamides is 1. The van der Waals surface area contributed by atoms with Gasteiger partial charge in [-0.1, -0.05) is 36.6 Å². The van der Waals surface area contributed by atoms with Gasteiger partial charge in [0.25, 0.3) is 0 Å². The third-order valence-electron chi connectivity index (χ3n) is 6.24. The van der Waals surface area contributed by atoms with Crippen LogP contribution in [0.3, 0.4) is 0 Å². The molecule has 0 bridgehead atoms. The zero-order valence-corrected chi connectivity index (χ0v) is 20.2. The Bertz CT molecular complexity index is 1160. The second-order valence-electron chi connectivity index (χ2n) is 8.57. The van der Waals surface area contributed by atoms with Gasteiger partial charge >= 0.3 is 0 Å². The number of anilines is 1. The number of nitrogens with zero attached hydrogens (tertiary/aromatic N) is 2. The molecule has 2 aliphatic rings. The van der Waals surface area contributed by atoms with Crippen LogP contribution < -0.4 is 10.2 Å². The van der Waals surface area contributed by atoms with Crippen molar-refractivity contribution >= 4 is 39.1 Å². The molecule has 2 amide bonds. The van der Waals surface area contributed by atoms with Gasteiger partial charge in [0.2, 0.25) is 21.8 Å². The summed E-state index contributed by atoms with van der Waals surface area (Å²) in [6, 6.07) is 11.3. The summed E-state index contributed by atoms with van der Waals surface area (Å²) in [5, 5.41) is 3.46. The molecule has 1 saturated heterocycles. The van der Waals surface area contributed by atoms with Crippen LogP contribution in [0, 0.1) is 0 Å². The van der Waals surface area contributed by atoms with E-state index in [1.165, 1.54) is 11.8 Å². The summed E-state index contributed by atoms with van der Waals surface area (Å²) in [5.74, 6) is -0.557. The number of carbonyl (C=O) groups is 2. The fourth-order valence-electron chi connectivity index (χ4n) is 4.57. The third-order valence-corrected chi connectivity index (χ3v) is 8.37. The van der Waals surface area contributed by atoms with E-state index in [1.54, 1.807) is 34.6 Å². The van der Waals surface area contributed by atoms with Crippen molar-refractivity contribution in [2.24, 2.45) is 0 Å². The molecule has 1 N–H and O–H groups in total. The average molecular weight is 490 g/mol. The first-order valence-corrected chi connectivity index (χ1v) is 13.0. The first kappa shape index (κ1) is 23.7. The average Bonchev–Trinajstić information content (AvgIpc) is 2.95. The number of amides is 2. The van der Waals surface area contributed by atoms with Crippen LogP contribution in [-0.2, 0) is 32.6 Å². The van der Waals surface area contributed by atoms with Crippen molar-refractivity contribution in [3.8, 4) is 0 Å². The van der Waals surface area contributed by atoms with Crippen molar-refractivity contribution in [1.29, 1.82) is 0 Å². The van der Waals surface area contributed by atoms with Gasteiger partial charge in [0.1, 0.15) is 6.04 Å². The normalized spacial score (nSPS) is 19.1. The van der Waals surface area contributed by atoms with Gasteiger partial charge < -0.3 is 5.32 Å². The van der Waals surface area contributed by atoms with Crippen molar-refractivity contribution in [2.75, 3.05) is 18.0 Å². The molecule has 1 fully saturated rings. The van der Waals surface area contributed by atoms with E-state index in [4.69, 9.17) is 11.6 Å². The maximum atomic E-state index is 13.2. The highest BCUT2D eigenvalue weighted by Gasteiger charge is 2.38. The van der Waals surface area contributed by atoms with Crippen LogP contribution in [0.25, 0.3) is 0 Å². The molecule has 0 radical (unpaired) electrons. The number of fused-ring (bicyclic) bond motifs is 1. The highest BCUT2D eigenvalue weighted by Crippen LogP contribution is 2.35. The van der Waals surface area contributed by atoms with Crippen LogP contribution in [-0.4, -0.2) is 43.7 Å². The van der Waals surface area contributed by atoms with E-state index < -0.39 is 16.1 Å². The zero-order valence-electron chi connectivity index (χ0n) is 18.6. The first-order valence-electron chi connectivity index (χ1n) is 11.2. The van der Waals surface area contributed by atoms with Crippen molar-refractivity contribution in [3.63, 3.8) is 0 Å². The van der Waals surface area contributed by atoms with E-state index in [0.29, 0.717) is 29.4 Å². The highest BCUT2D eigenvalue weighted by atomic mass is 35.5. The summed E-state index contributed by atoms with van der Waals surface area (Å²) in [7, 11) is -3.62. The predicted molar refractivity (Wildman–Crippen MR) is 128 cm³/mol. The monoisotopic (exact) mass is 489 g/mol. The van der Waals surface area contributed by atoms with E-state index in [0.717, 1.165) is 31.2 Å². The molecule has 0 spiro atoms. The van der Waals surface area contributed by atoms with Gasteiger partial charge in [-0.15, -0.1) is 0 Å². The number of carbonyl (C=O) groups excluding carboxylic acids is 2. The van der Waals surface area contributed by atoms with Crippen molar-refractivity contribution < 1.29 is 18.0 Å². The van der Waals surface area contributed by atoms with Crippen LogP contribution in [0.4, 0.5) is 5.69 Å². The Morgan fingerprint density at radius 2 is 1.79 bits per heavy atom. The highest BCUT2D eigenvalue weighted by molar-refractivity contribution is 7.89. The van der Waals surface area contributed by atoms with E-state index in [-0.39, 0.29) is 29.7 Å². The largest absolute Gasteiger partial charge is 0.350 e. The number of nitrogens with one attached hydrogen (secondary N) is 1. The van der Waals surface area contributed by atoms with Crippen LogP contribution in [0.5, 0.6) is 0 Å². The summed E-state index contributed by atoms with van der Waals surface area (Å²) in [5.41, 5.74) is 2.12. The molecule has 9 heteroatoms. The molecule has 7 nitrogen and oxygen atoms in total. The minimum absolute atomic E-state index is 0.214. The summed E-state index contributed by atoms with van der Waals surface area (Å²) >= 11 is 6.01. The van der Waals surface area contributed by atoms with Gasteiger partial charge in [0.15, 0.2) is 0 Å². The molecular weight excluding hydrogens is 462 g/mol. The maximum absolute atomic E-state index is 13.2. The lowest BCUT2D eigenvalue weighted by atomic mass is 10.1. The molecule has 0 aromatic heterocycles. The van der Waals surface area contributed by atoms with Crippen molar-refractivity contribution in [2.45, 2.75) is 56.5 Å². The Kier molecular flexibility index (Phi) is 7.07. The molecule has 0 aliphatic carbocycles. The van der Waals surface area contributed by atoms with E-state index in [2.05, 4.69) is 5.32 Å². The van der Waals surface area contributed by atoms with Gasteiger partial charge in [0.05, 0.1) is 4.90 Å². The molecule has 2 aromatic rings. The summed E-state index contributed by atoms with van der Waals surface area (Å²) in [6.07, 6.45) is 4.06. The molecule has 2 aromatic carbocycles. The minimum Gasteiger partial charge on any atom is -0.350 e. The molecule has 4 rings (SSSR count). The molecule has 1 atom stereocenters. The molecule has 2 heterocycles. The molecule has 0 unspecified atom stereocenters. The van der Waals surface area contributed by atoms with E-state index in [9.17, 15) is 18.0 Å². The SMILES string of the molecule is CC(=O)N1c2ccc(S(=O)(=O)N3CCCCCC3)cc2C[C@@H]1C(=O)NCc1cccc(Cl)c1. The number of halogens is 1. The maximum Gasteiger partial charge on any atom is 0.243 e. The van der Waals surface area contributed by atoms with Crippen LogP contribution >= 0.6 is 11.6 Å². The summed E-state index contributed by atoms with van der Waals surface area (Å²) < 4.78 is 28.0.